The largest absolute Gasteiger partial charge is 0.481 e. The Bertz CT molecular complexity index is 649. The number of carboxylic acids is 2. The Morgan fingerprint density at radius 3 is 2.19 bits per heavy atom. The number of nitrogens with one attached hydrogen (secondary N) is 2. The molecule has 26 heavy (non-hydrogen) atoms. The summed E-state index contributed by atoms with van der Waals surface area (Å²) in [5, 5.41) is 22.3. The highest BCUT2D eigenvalue weighted by atomic mass is 16.4. The molecule has 0 saturated carbocycles. The number of amides is 2. The molecule has 1 rings (SSSR count). The zero-order chi connectivity index (χ0) is 19.7. The summed E-state index contributed by atoms with van der Waals surface area (Å²) in [5.74, 6) is -3.80. The molecular weight excluding hydrogens is 342 g/mol. The predicted octanol–water partition coefficient (Wildman–Crippen LogP) is -0.505. The normalized spacial score (nSPS) is 13.9. The third-order valence-electron chi connectivity index (χ3n) is 3.65. The minimum Gasteiger partial charge on any atom is -0.481 e. The fourth-order valence-corrected chi connectivity index (χ4v) is 2.17. The van der Waals surface area contributed by atoms with Gasteiger partial charge in [-0.2, -0.15) is 0 Å². The molecule has 6 N–H and O–H groups in total. The molecule has 0 aliphatic carbocycles. The van der Waals surface area contributed by atoms with Crippen molar-refractivity contribution in [2.75, 3.05) is 0 Å². The van der Waals surface area contributed by atoms with Gasteiger partial charge in [0, 0.05) is 6.42 Å². The zero-order valence-electron chi connectivity index (χ0n) is 14.3. The van der Waals surface area contributed by atoms with E-state index in [9.17, 15) is 19.2 Å². The molecule has 0 spiro atoms. The van der Waals surface area contributed by atoms with Crippen LogP contribution >= 0.6 is 0 Å². The fourth-order valence-electron chi connectivity index (χ4n) is 2.17. The first-order valence-electron chi connectivity index (χ1n) is 8.05. The van der Waals surface area contributed by atoms with E-state index >= 15 is 0 Å². The van der Waals surface area contributed by atoms with Gasteiger partial charge in [0.1, 0.15) is 12.1 Å². The molecule has 0 fully saturated rings. The number of rotatable bonds is 10. The molecule has 0 unspecified atom stereocenters. The average Bonchev–Trinajstić information content (AvgIpc) is 2.58. The second-order valence-corrected chi connectivity index (χ2v) is 5.86. The topological polar surface area (TPSA) is 159 Å². The molecule has 1 aromatic rings. The van der Waals surface area contributed by atoms with Crippen LogP contribution in [0.5, 0.6) is 0 Å². The van der Waals surface area contributed by atoms with Crippen LogP contribution in [0.1, 0.15) is 25.3 Å². The van der Waals surface area contributed by atoms with Crippen LogP contribution in [0.4, 0.5) is 0 Å². The first-order valence-corrected chi connectivity index (χ1v) is 8.05. The first kappa shape index (κ1) is 21.1. The van der Waals surface area contributed by atoms with Crippen LogP contribution in [0.2, 0.25) is 0 Å². The Balaban J connectivity index is 2.54. The van der Waals surface area contributed by atoms with Gasteiger partial charge in [-0.1, -0.05) is 30.3 Å². The van der Waals surface area contributed by atoms with Crippen LogP contribution in [0.3, 0.4) is 0 Å². The summed E-state index contributed by atoms with van der Waals surface area (Å²) in [6.07, 6.45) is -0.373. The van der Waals surface area contributed by atoms with Crippen molar-refractivity contribution in [3.8, 4) is 0 Å². The van der Waals surface area contributed by atoms with Crippen molar-refractivity contribution in [2.24, 2.45) is 5.73 Å². The lowest BCUT2D eigenvalue weighted by molar-refractivity contribution is -0.143. The third kappa shape index (κ3) is 7.31. The smallest absolute Gasteiger partial charge is 0.326 e. The summed E-state index contributed by atoms with van der Waals surface area (Å²) in [7, 11) is 0. The van der Waals surface area contributed by atoms with Gasteiger partial charge in [-0.3, -0.25) is 14.4 Å². The molecule has 0 bridgehead atoms. The van der Waals surface area contributed by atoms with Crippen LogP contribution in [-0.4, -0.2) is 52.1 Å². The highest BCUT2D eigenvalue weighted by molar-refractivity contribution is 5.91. The number of aliphatic carboxylic acids is 2. The maximum Gasteiger partial charge on any atom is 0.326 e. The summed E-state index contributed by atoms with van der Waals surface area (Å²) in [4.78, 5) is 45.8. The van der Waals surface area contributed by atoms with E-state index in [-0.39, 0.29) is 12.8 Å². The highest BCUT2D eigenvalue weighted by Crippen LogP contribution is 2.03. The minimum atomic E-state index is -1.35. The highest BCUT2D eigenvalue weighted by Gasteiger charge is 2.25. The van der Waals surface area contributed by atoms with Gasteiger partial charge >= 0.3 is 11.9 Å². The van der Waals surface area contributed by atoms with Crippen LogP contribution in [0.25, 0.3) is 0 Å². The Morgan fingerprint density at radius 1 is 1.04 bits per heavy atom. The standard InChI is InChI=1S/C17H23N3O6/c1-10(15(23)20-13(17(25)26)7-8-14(21)22)19-16(24)12(18)9-11-5-3-2-4-6-11/h2-6,10,12-13H,7-9,18H2,1H3,(H,19,24)(H,20,23)(H,21,22)(H,25,26)/t10-,12+,13-/m1/s1. The predicted molar refractivity (Wildman–Crippen MR) is 92.2 cm³/mol. The van der Waals surface area contributed by atoms with E-state index in [1.165, 1.54) is 6.92 Å². The minimum absolute atomic E-state index is 0.259. The van der Waals surface area contributed by atoms with Crippen LogP contribution in [0.15, 0.2) is 30.3 Å². The summed E-state index contributed by atoms with van der Waals surface area (Å²) >= 11 is 0. The van der Waals surface area contributed by atoms with Gasteiger partial charge in [-0.05, 0) is 25.3 Å². The molecule has 2 amide bonds. The summed E-state index contributed by atoms with van der Waals surface area (Å²) in [6.45, 7) is 1.39. The zero-order valence-corrected chi connectivity index (χ0v) is 14.3. The molecule has 9 heteroatoms. The number of nitrogens with two attached hydrogens (primary N) is 1. The summed E-state index contributed by atoms with van der Waals surface area (Å²) in [5.41, 5.74) is 6.69. The van der Waals surface area contributed by atoms with Crippen LogP contribution in [-0.2, 0) is 25.6 Å². The summed E-state index contributed by atoms with van der Waals surface area (Å²) in [6, 6.07) is 5.89. The van der Waals surface area contributed by atoms with Gasteiger partial charge in [0.25, 0.3) is 0 Å². The molecule has 1 aromatic carbocycles. The van der Waals surface area contributed by atoms with Gasteiger partial charge in [0.05, 0.1) is 6.04 Å². The SMILES string of the molecule is C[C@@H](NC(=O)[C@@H](N)Cc1ccccc1)C(=O)N[C@H](CCC(=O)O)C(=O)O. The van der Waals surface area contributed by atoms with Crippen molar-refractivity contribution < 1.29 is 29.4 Å². The monoisotopic (exact) mass is 365 g/mol. The molecule has 0 aromatic heterocycles. The van der Waals surface area contributed by atoms with E-state index in [4.69, 9.17) is 15.9 Å². The van der Waals surface area contributed by atoms with Crippen LogP contribution < -0.4 is 16.4 Å². The van der Waals surface area contributed by atoms with Crippen molar-refractivity contribution in [3.05, 3.63) is 35.9 Å². The van der Waals surface area contributed by atoms with E-state index in [2.05, 4.69) is 10.6 Å². The van der Waals surface area contributed by atoms with Gasteiger partial charge in [-0.15, -0.1) is 0 Å². The van der Waals surface area contributed by atoms with Crippen molar-refractivity contribution in [1.29, 1.82) is 0 Å². The lowest BCUT2D eigenvalue weighted by Crippen LogP contribution is -2.53. The average molecular weight is 365 g/mol. The maximum atomic E-state index is 12.1. The second kappa shape index (κ2) is 10.1. The van der Waals surface area contributed by atoms with Crippen LogP contribution in [0, 0.1) is 0 Å². The van der Waals surface area contributed by atoms with Gasteiger partial charge in [-0.25, -0.2) is 4.79 Å². The first-order chi connectivity index (χ1) is 12.2. The molecular formula is C17H23N3O6. The van der Waals surface area contributed by atoms with Gasteiger partial charge in [0.2, 0.25) is 11.8 Å². The van der Waals surface area contributed by atoms with Crippen molar-refractivity contribution in [1.82, 2.24) is 10.6 Å². The third-order valence-corrected chi connectivity index (χ3v) is 3.65. The number of hydrogen-bond donors (Lipinski definition) is 5. The molecule has 0 radical (unpaired) electrons. The quantitative estimate of drug-likeness (QED) is 0.373. The number of carbonyl (C=O) groups is 4. The molecule has 0 aliphatic rings. The summed E-state index contributed by atoms with van der Waals surface area (Å²) < 4.78 is 0. The Morgan fingerprint density at radius 2 is 1.65 bits per heavy atom. The van der Waals surface area contributed by atoms with Crippen molar-refractivity contribution in [3.63, 3.8) is 0 Å². The van der Waals surface area contributed by atoms with E-state index < -0.39 is 48.3 Å². The van der Waals surface area contributed by atoms with Crippen molar-refractivity contribution in [2.45, 2.75) is 44.3 Å². The molecule has 9 nitrogen and oxygen atoms in total. The van der Waals surface area contributed by atoms with E-state index in [0.29, 0.717) is 0 Å². The number of hydrogen-bond acceptors (Lipinski definition) is 5. The molecule has 0 saturated heterocycles. The van der Waals surface area contributed by atoms with Gasteiger partial charge < -0.3 is 26.6 Å². The maximum absolute atomic E-state index is 12.1. The number of benzene rings is 1. The van der Waals surface area contributed by atoms with E-state index in [1.807, 2.05) is 30.3 Å². The fraction of sp³-hybridized carbons (Fsp3) is 0.412. The van der Waals surface area contributed by atoms with E-state index in [1.54, 1.807) is 0 Å². The molecule has 0 heterocycles. The second-order valence-electron chi connectivity index (χ2n) is 5.86. The Kier molecular flexibility index (Phi) is 8.23. The van der Waals surface area contributed by atoms with E-state index in [0.717, 1.165) is 5.56 Å². The number of carbonyl (C=O) groups excluding carboxylic acids is 2. The molecule has 142 valence electrons. The lowest BCUT2D eigenvalue weighted by atomic mass is 10.1. The Hall–Kier alpha value is -2.94. The Labute approximate surface area is 150 Å². The number of carboxylic acid groups (broad SMARTS) is 2. The van der Waals surface area contributed by atoms with Crippen molar-refractivity contribution >= 4 is 23.8 Å². The van der Waals surface area contributed by atoms with Gasteiger partial charge in [0.15, 0.2) is 0 Å². The molecule has 3 atom stereocenters. The molecule has 0 aliphatic heterocycles. The lowest BCUT2D eigenvalue weighted by Gasteiger charge is -2.20.